The summed E-state index contributed by atoms with van der Waals surface area (Å²) in [4.78, 5) is 26.1. The minimum Gasteiger partial charge on any atom is -0.513 e. The van der Waals surface area contributed by atoms with E-state index in [0.29, 0.717) is 30.4 Å². The van der Waals surface area contributed by atoms with Crippen molar-refractivity contribution >= 4 is 11.8 Å². The number of aliphatic hydroxyl groups excluding tert-OH is 3. The molecule has 0 radical (unpaired) electrons. The Kier molecular flexibility index (Phi) is 6.63. The second kappa shape index (κ2) is 9.23. The summed E-state index contributed by atoms with van der Waals surface area (Å²) >= 11 is 0. The standard InChI is InChI=1S/C24H35NO5/c26-20-5-1-15(2-6-20)11-17-13-19(25-22(28)9-10-23(25)29)14-18(24(17)30)12-16-3-7-21(27)8-4-16/h5,14-18,21,24,26-27,30H,1-4,6-13H2. The lowest BCUT2D eigenvalue weighted by Crippen LogP contribution is -2.40. The molecule has 0 bridgehead atoms. The highest BCUT2D eigenvalue weighted by atomic mass is 16.3. The van der Waals surface area contributed by atoms with Gasteiger partial charge in [0.25, 0.3) is 0 Å². The maximum absolute atomic E-state index is 12.4. The third-order valence-corrected chi connectivity index (χ3v) is 7.69. The van der Waals surface area contributed by atoms with E-state index in [1.807, 2.05) is 12.2 Å². The number of imide groups is 1. The molecule has 3 N–H and O–H groups in total. The maximum atomic E-state index is 12.4. The minimum atomic E-state index is -0.479. The van der Waals surface area contributed by atoms with Crippen LogP contribution in [0, 0.1) is 23.7 Å². The van der Waals surface area contributed by atoms with Crippen molar-refractivity contribution in [2.45, 2.75) is 89.3 Å². The Hall–Kier alpha value is -1.66. The van der Waals surface area contributed by atoms with Gasteiger partial charge >= 0.3 is 0 Å². The third-order valence-electron chi connectivity index (χ3n) is 7.69. The predicted molar refractivity (Wildman–Crippen MR) is 112 cm³/mol. The van der Waals surface area contributed by atoms with Crippen molar-refractivity contribution in [1.82, 2.24) is 4.90 Å². The van der Waals surface area contributed by atoms with Gasteiger partial charge in [-0.15, -0.1) is 0 Å². The summed E-state index contributed by atoms with van der Waals surface area (Å²) in [5.41, 5.74) is 0.785. The SMILES string of the molecule is O=C1CCC(=O)N1C1=CC(CC2CCC(O)CC2)C(O)C(CC2CC=C(O)CC2)C1. The molecule has 2 amide bonds. The van der Waals surface area contributed by atoms with Crippen LogP contribution in [0.4, 0.5) is 0 Å². The number of amides is 2. The summed E-state index contributed by atoms with van der Waals surface area (Å²) in [5, 5.41) is 30.7. The number of carbonyl (C=O) groups excluding carboxylic acids is 2. The summed E-state index contributed by atoms with van der Waals surface area (Å²) < 4.78 is 0. The molecule has 1 aliphatic heterocycles. The number of rotatable bonds is 5. The van der Waals surface area contributed by atoms with Gasteiger partial charge in [0.15, 0.2) is 0 Å². The number of carbonyl (C=O) groups is 2. The van der Waals surface area contributed by atoms with Crippen LogP contribution in [0.1, 0.15) is 77.0 Å². The molecule has 4 aliphatic rings. The molecule has 1 saturated carbocycles. The topological polar surface area (TPSA) is 98.1 Å². The van der Waals surface area contributed by atoms with Crippen LogP contribution in [-0.4, -0.2) is 44.2 Å². The van der Waals surface area contributed by atoms with Crippen LogP contribution in [0.2, 0.25) is 0 Å². The molecule has 4 unspecified atom stereocenters. The lowest BCUT2D eigenvalue weighted by Gasteiger charge is -2.39. The average Bonchev–Trinajstić information content (AvgIpc) is 3.06. The van der Waals surface area contributed by atoms with Crippen molar-refractivity contribution in [2.75, 3.05) is 0 Å². The highest BCUT2D eigenvalue weighted by molar-refractivity contribution is 6.03. The van der Waals surface area contributed by atoms with Crippen LogP contribution in [-0.2, 0) is 9.59 Å². The molecule has 4 atom stereocenters. The third kappa shape index (κ3) is 4.80. The predicted octanol–water partition coefficient (Wildman–Crippen LogP) is 3.59. The summed E-state index contributed by atoms with van der Waals surface area (Å²) in [6.45, 7) is 0. The second-order valence-corrected chi connectivity index (χ2v) is 9.88. The molecule has 2 fully saturated rings. The van der Waals surface area contributed by atoms with E-state index >= 15 is 0 Å². The normalized spacial score (nSPS) is 37.9. The van der Waals surface area contributed by atoms with Gasteiger partial charge in [0, 0.05) is 30.9 Å². The number of aliphatic hydroxyl groups is 3. The lowest BCUT2D eigenvalue weighted by molar-refractivity contribution is -0.136. The molecule has 4 rings (SSSR count). The highest BCUT2D eigenvalue weighted by Gasteiger charge is 2.40. The molecule has 166 valence electrons. The van der Waals surface area contributed by atoms with E-state index in [1.54, 1.807) is 0 Å². The van der Waals surface area contributed by atoms with Gasteiger partial charge in [-0.3, -0.25) is 14.5 Å². The van der Waals surface area contributed by atoms with Gasteiger partial charge in [0.2, 0.25) is 11.8 Å². The number of hydrogen-bond acceptors (Lipinski definition) is 5. The summed E-state index contributed by atoms with van der Waals surface area (Å²) in [6.07, 6.45) is 12.0. The first-order valence-corrected chi connectivity index (χ1v) is 11.7. The van der Waals surface area contributed by atoms with Crippen molar-refractivity contribution in [3.05, 3.63) is 23.6 Å². The molecular formula is C24H35NO5. The van der Waals surface area contributed by atoms with Crippen LogP contribution in [0.25, 0.3) is 0 Å². The molecule has 6 nitrogen and oxygen atoms in total. The first-order valence-electron chi connectivity index (χ1n) is 11.7. The molecule has 3 aliphatic carbocycles. The van der Waals surface area contributed by atoms with Crippen LogP contribution in [0.3, 0.4) is 0 Å². The maximum Gasteiger partial charge on any atom is 0.234 e. The second-order valence-electron chi connectivity index (χ2n) is 9.88. The van der Waals surface area contributed by atoms with Crippen molar-refractivity contribution < 1.29 is 24.9 Å². The van der Waals surface area contributed by atoms with E-state index in [-0.39, 0.29) is 42.6 Å². The summed E-state index contributed by atoms with van der Waals surface area (Å²) in [5.74, 6) is 1.05. The fourth-order valence-corrected chi connectivity index (χ4v) is 5.93. The molecule has 1 saturated heterocycles. The van der Waals surface area contributed by atoms with Crippen LogP contribution in [0.15, 0.2) is 23.6 Å². The van der Waals surface area contributed by atoms with Gasteiger partial charge in [-0.05, 0) is 81.6 Å². The lowest BCUT2D eigenvalue weighted by atomic mass is 9.71. The van der Waals surface area contributed by atoms with E-state index in [4.69, 9.17) is 0 Å². The monoisotopic (exact) mass is 417 g/mol. The van der Waals surface area contributed by atoms with Gasteiger partial charge in [0.1, 0.15) is 0 Å². The van der Waals surface area contributed by atoms with Gasteiger partial charge in [-0.1, -0.05) is 6.08 Å². The van der Waals surface area contributed by atoms with Gasteiger partial charge in [-0.2, -0.15) is 0 Å². The molecule has 0 aromatic rings. The fourth-order valence-electron chi connectivity index (χ4n) is 5.93. The van der Waals surface area contributed by atoms with Gasteiger partial charge < -0.3 is 15.3 Å². The van der Waals surface area contributed by atoms with E-state index < -0.39 is 6.10 Å². The van der Waals surface area contributed by atoms with Crippen LogP contribution in [0.5, 0.6) is 0 Å². The van der Waals surface area contributed by atoms with Gasteiger partial charge in [0.05, 0.1) is 18.0 Å². The number of nitrogens with zero attached hydrogens (tertiary/aromatic N) is 1. The van der Waals surface area contributed by atoms with E-state index in [0.717, 1.165) is 57.1 Å². The fraction of sp³-hybridized carbons (Fsp3) is 0.750. The van der Waals surface area contributed by atoms with Crippen LogP contribution < -0.4 is 0 Å². The summed E-state index contributed by atoms with van der Waals surface area (Å²) in [6, 6.07) is 0. The highest BCUT2D eigenvalue weighted by Crippen LogP contribution is 2.42. The Labute approximate surface area is 178 Å². The average molecular weight is 418 g/mol. The summed E-state index contributed by atoms with van der Waals surface area (Å²) in [7, 11) is 0. The zero-order valence-electron chi connectivity index (χ0n) is 17.7. The molecule has 1 heterocycles. The Balaban J connectivity index is 1.51. The van der Waals surface area contributed by atoms with Crippen molar-refractivity contribution in [3.63, 3.8) is 0 Å². The number of allylic oxidation sites excluding steroid dienone is 3. The molecule has 0 spiro atoms. The Bertz CT molecular complexity index is 705. The zero-order chi connectivity index (χ0) is 21.3. The first-order chi connectivity index (χ1) is 14.4. The first kappa shape index (κ1) is 21.6. The molecule has 30 heavy (non-hydrogen) atoms. The minimum absolute atomic E-state index is 0.0176. The van der Waals surface area contributed by atoms with Gasteiger partial charge in [-0.25, -0.2) is 0 Å². The zero-order valence-corrected chi connectivity index (χ0v) is 17.7. The Morgan fingerprint density at radius 1 is 0.900 bits per heavy atom. The molecule has 6 heteroatoms. The van der Waals surface area contributed by atoms with E-state index in [2.05, 4.69) is 0 Å². The van der Waals surface area contributed by atoms with E-state index in [1.165, 1.54) is 4.90 Å². The molecule has 0 aromatic heterocycles. The Morgan fingerprint density at radius 3 is 2.23 bits per heavy atom. The smallest absolute Gasteiger partial charge is 0.234 e. The largest absolute Gasteiger partial charge is 0.513 e. The Morgan fingerprint density at radius 2 is 1.60 bits per heavy atom. The number of likely N-dealkylation sites (tertiary alicyclic amines) is 1. The molecule has 0 aromatic carbocycles. The quantitative estimate of drug-likeness (QED) is 0.594. The van der Waals surface area contributed by atoms with Crippen molar-refractivity contribution in [3.8, 4) is 0 Å². The van der Waals surface area contributed by atoms with Crippen LogP contribution >= 0.6 is 0 Å². The van der Waals surface area contributed by atoms with Crippen molar-refractivity contribution in [2.24, 2.45) is 23.7 Å². The number of hydrogen-bond donors (Lipinski definition) is 3. The van der Waals surface area contributed by atoms with E-state index in [9.17, 15) is 24.9 Å². The molecular weight excluding hydrogens is 382 g/mol. The van der Waals surface area contributed by atoms with Crippen molar-refractivity contribution in [1.29, 1.82) is 0 Å².